The molecule has 2 aromatic carbocycles. The van der Waals surface area contributed by atoms with Gasteiger partial charge in [0.25, 0.3) is 0 Å². The fourth-order valence-corrected chi connectivity index (χ4v) is 3.13. The van der Waals surface area contributed by atoms with Crippen LogP contribution in [0.15, 0.2) is 65.4 Å². The number of nitrogens with two attached hydrogens (primary N) is 1. The van der Waals surface area contributed by atoms with Gasteiger partial charge in [0.05, 0.1) is 16.1 Å². The number of carbonyl (C=O) groups excluding carboxylic acids is 1. The molecule has 0 aliphatic rings. The summed E-state index contributed by atoms with van der Waals surface area (Å²) in [6, 6.07) is 6.92. The third-order valence-corrected chi connectivity index (χ3v) is 4.87. The molecule has 11 heteroatoms. The lowest BCUT2D eigenvalue weighted by Crippen LogP contribution is -2.21. The van der Waals surface area contributed by atoms with Crippen molar-refractivity contribution in [2.45, 2.75) is 11.1 Å². The van der Waals surface area contributed by atoms with Crippen molar-refractivity contribution in [1.29, 1.82) is 0 Å². The molecular weight excluding hydrogens is 427 g/mol. The van der Waals surface area contributed by atoms with Gasteiger partial charge in [-0.15, -0.1) is 0 Å². The minimum absolute atomic E-state index is 0.0428. The number of carbonyl (C=O) groups is 1. The first kappa shape index (κ1) is 22.5. The fraction of sp³-hybridized carbons (Fsp3) is 0.0556. The SMILES string of the molecule is C=C/C(=C\S)c1ccc(S(N)(=O)=O)cc1NC(=O)Nc1cccc(C(F)(F)F)c1. The summed E-state index contributed by atoms with van der Waals surface area (Å²) in [6.45, 7) is 3.61. The van der Waals surface area contributed by atoms with Crippen LogP contribution in [0.3, 0.4) is 0 Å². The third-order valence-electron chi connectivity index (χ3n) is 3.69. The molecule has 0 spiro atoms. The van der Waals surface area contributed by atoms with Crippen LogP contribution in [0, 0.1) is 0 Å². The molecule has 2 rings (SSSR count). The van der Waals surface area contributed by atoms with Gasteiger partial charge >= 0.3 is 12.2 Å². The molecular formula is C18H16F3N3O3S2. The Bertz CT molecular complexity index is 1080. The van der Waals surface area contributed by atoms with Gasteiger partial charge in [0.15, 0.2) is 0 Å². The van der Waals surface area contributed by atoms with Gasteiger partial charge in [-0.1, -0.05) is 24.8 Å². The predicted molar refractivity (Wildman–Crippen MR) is 109 cm³/mol. The molecule has 0 aromatic heterocycles. The number of anilines is 2. The maximum atomic E-state index is 12.8. The lowest BCUT2D eigenvalue weighted by atomic mass is 10.1. The van der Waals surface area contributed by atoms with Crippen LogP contribution in [-0.4, -0.2) is 14.4 Å². The minimum Gasteiger partial charge on any atom is -0.308 e. The molecule has 0 fully saturated rings. The highest BCUT2D eigenvalue weighted by Gasteiger charge is 2.30. The monoisotopic (exact) mass is 443 g/mol. The Kier molecular flexibility index (Phi) is 6.77. The Morgan fingerprint density at radius 2 is 1.83 bits per heavy atom. The molecule has 0 atom stereocenters. The van der Waals surface area contributed by atoms with Gasteiger partial charge in [0, 0.05) is 11.3 Å². The van der Waals surface area contributed by atoms with Gasteiger partial charge < -0.3 is 10.6 Å². The molecule has 2 aromatic rings. The smallest absolute Gasteiger partial charge is 0.308 e. The standard InChI is InChI=1S/C18H16F3N3O3S2/c1-2-11(10-28)15-7-6-14(29(22,26)27)9-16(15)24-17(25)23-13-5-3-4-12(8-13)18(19,20)21/h2-10,28H,1H2,(H2,22,26,27)(H2,23,24,25)/b11-10+. The Hall–Kier alpha value is -2.76. The number of primary sulfonamides is 1. The van der Waals surface area contributed by atoms with Gasteiger partial charge in [-0.3, -0.25) is 0 Å². The van der Waals surface area contributed by atoms with E-state index in [0.29, 0.717) is 11.1 Å². The number of sulfonamides is 1. The van der Waals surface area contributed by atoms with Crippen LogP contribution in [0.5, 0.6) is 0 Å². The molecule has 2 amide bonds. The number of halogens is 3. The predicted octanol–water partition coefficient (Wildman–Crippen LogP) is 4.45. The van der Waals surface area contributed by atoms with Crippen LogP contribution in [0.2, 0.25) is 0 Å². The van der Waals surface area contributed by atoms with Gasteiger partial charge in [0.2, 0.25) is 10.0 Å². The van der Waals surface area contributed by atoms with Crippen LogP contribution < -0.4 is 15.8 Å². The molecule has 6 nitrogen and oxygen atoms in total. The maximum Gasteiger partial charge on any atom is 0.416 e. The summed E-state index contributed by atoms with van der Waals surface area (Å²) < 4.78 is 61.6. The average molecular weight is 443 g/mol. The van der Waals surface area contributed by atoms with Crippen LogP contribution >= 0.6 is 12.6 Å². The summed E-state index contributed by atoms with van der Waals surface area (Å²) in [4.78, 5) is 12.0. The van der Waals surface area contributed by atoms with Crippen molar-refractivity contribution < 1.29 is 26.4 Å². The van der Waals surface area contributed by atoms with Gasteiger partial charge in [0.1, 0.15) is 0 Å². The number of hydrogen-bond acceptors (Lipinski definition) is 4. The van der Waals surface area contributed by atoms with Crippen LogP contribution in [-0.2, 0) is 16.2 Å². The van der Waals surface area contributed by atoms with Gasteiger partial charge in [-0.2, -0.15) is 25.8 Å². The fourth-order valence-electron chi connectivity index (χ4n) is 2.35. The maximum absolute atomic E-state index is 12.8. The normalized spacial score (nSPS) is 12.4. The second kappa shape index (κ2) is 8.72. The van der Waals surface area contributed by atoms with E-state index in [-0.39, 0.29) is 16.3 Å². The number of alkyl halides is 3. The molecule has 154 valence electrons. The molecule has 0 bridgehead atoms. The highest BCUT2D eigenvalue weighted by molar-refractivity contribution is 7.89. The first-order chi connectivity index (χ1) is 13.5. The van der Waals surface area contributed by atoms with Crippen molar-refractivity contribution in [3.05, 3.63) is 71.7 Å². The zero-order valence-electron chi connectivity index (χ0n) is 14.7. The summed E-state index contributed by atoms with van der Waals surface area (Å²) in [5.41, 5.74) is -0.152. The molecule has 0 unspecified atom stereocenters. The summed E-state index contributed by atoms with van der Waals surface area (Å²) in [5.74, 6) is 0. The molecule has 0 aliphatic carbocycles. The molecule has 0 aliphatic heterocycles. The van der Waals surface area contributed by atoms with E-state index in [9.17, 15) is 26.4 Å². The second-order valence-corrected chi connectivity index (χ2v) is 7.52. The lowest BCUT2D eigenvalue weighted by molar-refractivity contribution is -0.137. The average Bonchev–Trinajstić information content (AvgIpc) is 2.62. The van der Waals surface area contributed by atoms with Crippen LogP contribution in [0.25, 0.3) is 5.57 Å². The first-order valence-corrected chi connectivity index (χ1v) is 9.91. The lowest BCUT2D eigenvalue weighted by Gasteiger charge is -2.14. The minimum atomic E-state index is -4.57. The van der Waals surface area contributed by atoms with Crippen LogP contribution in [0.1, 0.15) is 11.1 Å². The number of nitrogens with one attached hydrogen (secondary N) is 2. The number of thiol groups is 1. The number of urea groups is 1. The summed E-state index contributed by atoms with van der Waals surface area (Å²) >= 11 is 4.04. The second-order valence-electron chi connectivity index (χ2n) is 5.70. The van der Waals surface area contributed by atoms with Gasteiger partial charge in [-0.25, -0.2) is 18.4 Å². The quantitative estimate of drug-likeness (QED) is 0.406. The molecule has 4 N–H and O–H groups in total. The molecule has 0 radical (unpaired) electrons. The topological polar surface area (TPSA) is 101 Å². The number of benzene rings is 2. The first-order valence-electron chi connectivity index (χ1n) is 7.85. The zero-order chi connectivity index (χ0) is 21.8. The van der Waals surface area contributed by atoms with E-state index in [1.54, 1.807) is 0 Å². The Morgan fingerprint density at radius 3 is 2.38 bits per heavy atom. The third kappa shape index (κ3) is 5.86. The highest BCUT2D eigenvalue weighted by atomic mass is 32.2. The Balaban J connectivity index is 2.37. The van der Waals surface area contributed by atoms with E-state index >= 15 is 0 Å². The largest absolute Gasteiger partial charge is 0.416 e. The van der Waals surface area contributed by atoms with E-state index in [4.69, 9.17) is 5.14 Å². The molecule has 0 heterocycles. The van der Waals surface area contributed by atoms with Crippen molar-refractivity contribution in [3.8, 4) is 0 Å². The summed E-state index contributed by atoms with van der Waals surface area (Å²) in [6.07, 6.45) is -3.14. The highest BCUT2D eigenvalue weighted by Crippen LogP contribution is 2.31. The van der Waals surface area contributed by atoms with Gasteiger partial charge in [-0.05, 0) is 41.3 Å². The number of hydrogen-bond donors (Lipinski definition) is 4. The van der Waals surface area contributed by atoms with E-state index in [0.717, 1.165) is 24.3 Å². The van der Waals surface area contributed by atoms with Crippen molar-refractivity contribution in [2.24, 2.45) is 5.14 Å². The van der Waals surface area contributed by atoms with Crippen molar-refractivity contribution in [1.82, 2.24) is 0 Å². The number of allylic oxidation sites excluding steroid dienone is 2. The molecule has 0 saturated heterocycles. The van der Waals surface area contributed by atoms with Crippen molar-refractivity contribution in [2.75, 3.05) is 10.6 Å². The van der Waals surface area contributed by atoms with Crippen molar-refractivity contribution >= 4 is 45.6 Å². The number of rotatable bonds is 5. The molecule has 0 saturated carbocycles. The number of amides is 2. The Morgan fingerprint density at radius 1 is 1.14 bits per heavy atom. The van der Waals surface area contributed by atoms with E-state index in [1.165, 1.54) is 29.7 Å². The zero-order valence-corrected chi connectivity index (χ0v) is 16.4. The van der Waals surface area contributed by atoms with E-state index < -0.39 is 27.8 Å². The summed E-state index contributed by atoms with van der Waals surface area (Å²) in [5, 5.41) is 11.2. The van der Waals surface area contributed by atoms with E-state index in [2.05, 4.69) is 29.8 Å². The Labute approximate surface area is 170 Å². The van der Waals surface area contributed by atoms with Crippen LogP contribution in [0.4, 0.5) is 29.3 Å². The summed E-state index contributed by atoms with van der Waals surface area (Å²) in [7, 11) is -4.06. The van der Waals surface area contributed by atoms with Crippen molar-refractivity contribution in [3.63, 3.8) is 0 Å². The molecule has 29 heavy (non-hydrogen) atoms. The van der Waals surface area contributed by atoms with E-state index in [1.807, 2.05) is 0 Å².